The molecule has 0 aliphatic carbocycles. The molecule has 0 aliphatic rings. The third-order valence-corrected chi connectivity index (χ3v) is 4.94. The molecule has 0 saturated heterocycles. The van der Waals surface area contributed by atoms with E-state index in [4.69, 9.17) is 9.15 Å². The molecule has 0 bridgehead atoms. The van der Waals surface area contributed by atoms with Crippen LogP contribution >= 0.6 is 11.3 Å². The molecule has 1 amide bonds. The van der Waals surface area contributed by atoms with Crippen molar-refractivity contribution in [2.24, 2.45) is 0 Å². The zero-order valence-electron chi connectivity index (χ0n) is 15.4. The molecule has 4 rings (SSSR count). The van der Waals surface area contributed by atoms with E-state index in [9.17, 15) is 9.59 Å². The van der Waals surface area contributed by atoms with Gasteiger partial charge in [0.2, 0.25) is 5.82 Å². The number of nitrogens with zero attached hydrogens (tertiary/aromatic N) is 4. The number of tetrazole rings is 1. The standard InChI is InChI=1S/C19H17N5O4S/c1-12(15-9-13-5-2-3-6-14(13)28-15)20-17(25)11-27-18(26)10-24-22-19(21-23-24)16-7-4-8-29-16/h2-9,12H,10-11H2,1H3,(H,20,25)/t12-/m0/s1. The number of hydrogen-bond donors (Lipinski definition) is 1. The summed E-state index contributed by atoms with van der Waals surface area (Å²) in [6, 6.07) is 12.8. The van der Waals surface area contributed by atoms with E-state index in [-0.39, 0.29) is 12.6 Å². The lowest BCUT2D eigenvalue weighted by Gasteiger charge is -2.11. The third kappa shape index (κ3) is 4.49. The minimum atomic E-state index is -0.633. The van der Waals surface area contributed by atoms with Gasteiger partial charge in [0, 0.05) is 5.39 Å². The average Bonchev–Trinajstić information content (AvgIpc) is 3.45. The first-order valence-corrected chi connectivity index (χ1v) is 9.71. The number of hydrogen-bond acceptors (Lipinski definition) is 8. The molecule has 0 spiro atoms. The summed E-state index contributed by atoms with van der Waals surface area (Å²) in [5.74, 6) is -0.00667. The molecular formula is C19H17N5O4S. The van der Waals surface area contributed by atoms with Gasteiger partial charge in [0.1, 0.15) is 11.3 Å². The largest absolute Gasteiger partial charge is 0.459 e. The van der Waals surface area contributed by atoms with E-state index in [0.29, 0.717) is 11.6 Å². The molecule has 1 atom stereocenters. The number of thiophene rings is 1. The molecule has 0 saturated carbocycles. The van der Waals surface area contributed by atoms with Crippen molar-refractivity contribution in [3.05, 3.63) is 53.6 Å². The van der Waals surface area contributed by atoms with Gasteiger partial charge in [-0.25, -0.2) is 4.79 Å². The SMILES string of the molecule is C[C@H](NC(=O)COC(=O)Cn1nnc(-c2cccs2)n1)c1cc2ccccc2o1. The predicted molar refractivity (Wildman–Crippen MR) is 105 cm³/mol. The van der Waals surface area contributed by atoms with Crippen LogP contribution < -0.4 is 5.32 Å². The molecule has 0 fully saturated rings. The fourth-order valence-corrected chi connectivity index (χ4v) is 3.34. The van der Waals surface area contributed by atoms with E-state index in [0.717, 1.165) is 20.6 Å². The summed E-state index contributed by atoms with van der Waals surface area (Å²) in [4.78, 5) is 26.0. The van der Waals surface area contributed by atoms with Crippen LogP contribution in [0.25, 0.3) is 21.7 Å². The van der Waals surface area contributed by atoms with Crippen molar-refractivity contribution in [2.75, 3.05) is 6.61 Å². The molecule has 3 aromatic heterocycles. The van der Waals surface area contributed by atoms with Crippen LogP contribution in [-0.4, -0.2) is 38.7 Å². The molecular weight excluding hydrogens is 394 g/mol. The van der Waals surface area contributed by atoms with Crippen LogP contribution in [0.1, 0.15) is 18.7 Å². The smallest absolute Gasteiger partial charge is 0.330 e. The second-order valence-corrected chi connectivity index (χ2v) is 7.20. The van der Waals surface area contributed by atoms with Gasteiger partial charge in [-0.2, -0.15) is 4.80 Å². The van der Waals surface area contributed by atoms with Gasteiger partial charge in [-0.15, -0.1) is 21.5 Å². The van der Waals surface area contributed by atoms with E-state index < -0.39 is 18.5 Å². The van der Waals surface area contributed by atoms with Gasteiger partial charge >= 0.3 is 5.97 Å². The maximum Gasteiger partial charge on any atom is 0.330 e. The predicted octanol–water partition coefficient (Wildman–Crippen LogP) is 2.57. The summed E-state index contributed by atoms with van der Waals surface area (Å²) in [5.41, 5.74) is 0.747. The number of fused-ring (bicyclic) bond motifs is 1. The summed E-state index contributed by atoms with van der Waals surface area (Å²) < 4.78 is 10.7. The Morgan fingerprint density at radius 2 is 2.14 bits per heavy atom. The van der Waals surface area contributed by atoms with Crippen LogP contribution in [0.5, 0.6) is 0 Å². The Kier molecular flexibility index (Phi) is 5.34. The Balaban J connectivity index is 1.26. The van der Waals surface area contributed by atoms with E-state index in [1.54, 1.807) is 6.92 Å². The highest BCUT2D eigenvalue weighted by molar-refractivity contribution is 7.13. The maximum atomic E-state index is 12.1. The Labute approximate surface area is 169 Å². The fraction of sp³-hybridized carbons (Fsp3) is 0.211. The van der Waals surface area contributed by atoms with Crippen molar-refractivity contribution < 1.29 is 18.7 Å². The molecule has 10 heteroatoms. The topological polar surface area (TPSA) is 112 Å². The lowest BCUT2D eigenvalue weighted by atomic mass is 10.2. The highest BCUT2D eigenvalue weighted by Crippen LogP contribution is 2.23. The second kappa shape index (κ2) is 8.23. The number of esters is 1. The summed E-state index contributed by atoms with van der Waals surface area (Å²) in [6.07, 6.45) is 0. The van der Waals surface area contributed by atoms with Crippen LogP contribution in [0.2, 0.25) is 0 Å². The van der Waals surface area contributed by atoms with Crippen LogP contribution in [-0.2, 0) is 20.9 Å². The van der Waals surface area contributed by atoms with Gasteiger partial charge in [0.05, 0.1) is 10.9 Å². The van der Waals surface area contributed by atoms with Gasteiger partial charge in [-0.05, 0) is 35.7 Å². The van der Waals surface area contributed by atoms with Gasteiger partial charge in [-0.3, -0.25) is 4.79 Å². The van der Waals surface area contributed by atoms with E-state index in [1.807, 2.05) is 47.8 Å². The summed E-state index contributed by atoms with van der Waals surface area (Å²) >= 11 is 1.47. The fourth-order valence-electron chi connectivity index (χ4n) is 2.69. The average molecular weight is 411 g/mol. The normalized spacial score (nSPS) is 12.0. The van der Waals surface area contributed by atoms with Crippen molar-refractivity contribution in [1.82, 2.24) is 25.5 Å². The number of rotatable bonds is 7. The van der Waals surface area contributed by atoms with E-state index in [1.165, 1.54) is 11.3 Å². The minimum absolute atomic E-state index is 0.231. The lowest BCUT2D eigenvalue weighted by molar-refractivity contribution is -0.149. The van der Waals surface area contributed by atoms with Crippen LogP contribution in [0.4, 0.5) is 0 Å². The van der Waals surface area contributed by atoms with Crippen LogP contribution in [0.3, 0.4) is 0 Å². The number of aromatic nitrogens is 4. The second-order valence-electron chi connectivity index (χ2n) is 6.26. The first-order chi connectivity index (χ1) is 14.1. The Hall–Kier alpha value is -3.53. The van der Waals surface area contributed by atoms with Crippen LogP contribution in [0, 0.1) is 0 Å². The van der Waals surface area contributed by atoms with E-state index >= 15 is 0 Å². The highest BCUT2D eigenvalue weighted by Gasteiger charge is 2.16. The molecule has 0 aliphatic heterocycles. The van der Waals surface area contributed by atoms with E-state index in [2.05, 4.69) is 20.7 Å². The monoisotopic (exact) mass is 411 g/mol. The Bertz CT molecular complexity index is 1100. The zero-order chi connectivity index (χ0) is 20.2. The lowest BCUT2D eigenvalue weighted by Crippen LogP contribution is -2.31. The van der Waals surface area contributed by atoms with Crippen molar-refractivity contribution in [2.45, 2.75) is 19.5 Å². The number of benzene rings is 1. The highest BCUT2D eigenvalue weighted by atomic mass is 32.1. The molecule has 148 valence electrons. The summed E-state index contributed by atoms with van der Waals surface area (Å²) in [7, 11) is 0. The van der Waals surface area contributed by atoms with Crippen molar-refractivity contribution in [3.8, 4) is 10.7 Å². The number of para-hydroxylation sites is 1. The molecule has 0 radical (unpaired) electrons. The molecule has 1 N–H and O–H groups in total. The molecule has 9 nitrogen and oxygen atoms in total. The molecule has 3 heterocycles. The molecule has 4 aromatic rings. The third-order valence-electron chi connectivity index (χ3n) is 4.08. The number of ether oxygens (including phenoxy) is 1. The summed E-state index contributed by atoms with van der Waals surface area (Å²) in [5, 5.41) is 17.4. The van der Waals surface area contributed by atoms with Gasteiger partial charge in [0.15, 0.2) is 13.2 Å². The number of amides is 1. The van der Waals surface area contributed by atoms with Gasteiger partial charge < -0.3 is 14.5 Å². The van der Waals surface area contributed by atoms with Crippen molar-refractivity contribution in [3.63, 3.8) is 0 Å². The quantitative estimate of drug-likeness (QED) is 0.465. The van der Waals surface area contributed by atoms with Crippen molar-refractivity contribution in [1.29, 1.82) is 0 Å². The number of furan rings is 1. The zero-order valence-corrected chi connectivity index (χ0v) is 16.3. The first-order valence-electron chi connectivity index (χ1n) is 8.83. The Morgan fingerprint density at radius 3 is 2.93 bits per heavy atom. The maximum absolute atomic E-state index is 12.1. The summed E-state index contributed by atoms with van der Waals surface area (Å²) in [6.45, 7) is 1.16. The molecule has 1 aromatic carbocycles. The molecule has 0 unspecified atom stereocenters. The van der Waals surface area contributed by atoms with Crippen molar-refractivity contribution >= 4 is 34.2 Å². The van der Waals surface area contributed by atoms with Crippen LogP contribution in [0.15, 0.2) is 52.3 Å². The number of nitrogens with one attached hydrogen (secondary N) is 1. The first kappa shape index (κ1) is 18.8. The number of carbonyl (C=O) groups excluding carboxylic acids is 2. The molecule has 29 heavy (non-hydrogen) atoms. The Morgan fingerprint density at radius 1 is 1.28 bits per heavy atom. The minimum Gasteiger partial charge on any atom is -0.459 e. The number of carbonyl (C=O) groups is 2. The van der Waals surface area contributed by atoms with Gasteiger partial charge in [0.25, 0.3) is 5.91 Å². The van der Waals surface area contributed by atoms with Gasteiger partial charge in [-0.1, -0.05) is 24.3 Å².